The lowest BCUT2D eigenvalue weighted by molar-refractivity contribution is 0.471. The highest BCUT2D eigenvalue weighted by atomic mass is 32.2. The summed E-state index contributed by atoms with van der Waals surface area (Å²) in [4.78, 5) is 2.70. The van der Waals surface area contributed by atoms with E-state index in [2.05, 4.69) is 0 Å². The molecule has 0 radical (unpaired) electrons. The van der Waals surface area contributed by atoms with Gasteiger partial charge in [-0.1, -0.05) is 30.4 Å². The molecule has 0 aromatic heterocycles. The molecule has 0 saturated heterocycles. The third-order valence-electron chi connectivity index (χ3n) is 2.53. The summed E-state index contributed by atoms with van der Waals surface area (Å²) in [5, 5.41) is 0. The maximum Gasteiger partial charge on any atom is 0.184 e. The third kappa shape index (κ3) is 3.78. The minimum atomic E-state index is -3.31. The summed E-state index contributed by atoms with van der Waals surface area (Å²) in [6, 6.07) is 8.42. The van der Waals surface area contributed by atoms with Crippen molar-refractivity contribution in [2.75, 3.05) is 18.8 Å². The van der Waals surface area contributed by atoms with Crippen LogP contribution in [0.15, 0.2) is 35.2 Å². The Kier molecular flexibility index (Phi) is 5.08. The fourth-order valence-electron chi connectivity index (χ4n) is 1.54. The van der Waals surface area contributed by atoms with Crippen LogP contribution in [0.4, 0.5) is 0 Å². The van der Waals surface area contributed by atoms with Crippen molar-refractivity contribution in [2.24, 2.45) is 0 Å². The zero-order valence-electron chi connectivity index (χ0n) is 10.1. The first-order valence-corrected chi connectivity index (χ1v) is 7.63. The summed E-state index contributed by atoms with van der Waals surface area (Å²) in [6.07, 6.45) is 0. The van der Waals surface area contributed by atoms with E-state index >= 15 is 0 Å². The van der Waals surface area contributed by atoms with Crippen molar-refractivity contribution < 1.29 is 8.42 Å². The standard InChI is InChI=1S/C12H17NO2S2/c1-3-13(4-2)12(16)10-17(14,15)11-8-6-5-7-9-11/h5-9H,3-4,10H2,1-2H3. The van der Waals surface area contributed by atoms with Crippen molar-refractivity contribution in [3.8, 4) is 0 Å². The van der Waals surface area contributed by atoms with Crippen LogP contribution in [0.5, 0.6) is 0 Å². The number of sulfone groups is 1. The predicted molar refractivity (Wildman–Crippen MR) is 74.0 cm³/mol. The highest BCUT2D eigenvalue weighted by Crippen LogP contribution is 2.11. The van der Waals surface area contributed by atoms with Gasteiger partial charge in [0.2, 0.25) is 0 Å². The first-order valence-electron chi connectivity index (χ1n) is 5.56. The van der Waals surface area contributed by atoms with Crippen LogP contribution in [0.25, 0.3) is 0 Å². The van der Waals surface area contributed by atoms with Gasteiger partial charge < -0.3 is 4.90 Å². The molecule has 0 heterocycles. The Morgan fingerprint density at radius 1 is 1.18 bits per heavy atom. The van der Waals surface area contributed by atoms with E-state index in [1.54, 1.807) is 30.3 Å². The van der Waals surface area contributed by atoms with Crippen molar-refractivity contribution in [3.05, 3.63) is 30.3 Å². The van der Waals surface area contributed by atoms with Crippen molar-refractivity contribution in [2.45, 2.75) is 18.7 Å². The molecule has 0 unspecified atom stereocenters. The van der Waals surface area contributed by atoms with Gasteiger partial charge in [0.15, 0.2) is 9.84 Å². The summed E-state index contributed by atoms with van der Waals surface area (Å²) in [7, 11) is -3.31. The monoisotopic (exact) mass is 271 g/mol. The van der Waals surface area contributed by atoms with Crippen LogP contribution < -0.4 is 0 Å². The maximum atomic E-state index is 12.1. The molecular weight excluding hydrogens is 254 g/mol. The summed E-state index contributed by atoms with van der Waals surface area (Å²) in [5.41, 5.74) is 0. The second-order valence-electron chi connectivity index (χ2n) is 3.64. The third-order valence-corrected chi connectivity index (χ3v) is 4.76. The molecule has 5 heteroatoms. The van der Waals surface area contributed by atoms with E-state index in [0.29, 0.717) is 9.88 Å². The molecule has 1 aromatic rings. The van der Waals surface area contributed by atoms with Gasteiger partial charge in [0.05, 0.1) is 9.88 Å². The van der Waals surface area contributed by atoms with E-state index in [1.807, 2.05) is 18.7 Å². The number of hydrogen-bond donors (Lipinski definition) is 0. The normalized spacial score (nSPS) is 11.2. The van der Waals surface area contributed by atoms with Crippen molar-refractivity contribution in [1.29, 1.82) is 0 Å². The number of rotatable bonds is 5. The highest BCUT2D eigenvalue weighted by molar-refractivity contribution is 7.94. The Morgan fingerprint density at radius 3 is 2.18 bits per heavy atom. The molecular formula is C12H17NO2S2. The summed E-state index contributed by atoms with van der Waals surface area (Å²) < 4.78 is 24.1. The number of benzene rings is 1. The Balaban J connectivity index is 2.85. The molecule has 3 nitrogen and oxygen atoms in total. The van der Waals surface area contributed by atoms with Crippen LogP contribution in [-0.4, -0.2) is 37.1 Å². The lowest BCUT2D eigenvalue weighted by Crippen LogP contribution is -2.34. The van der Waals surface area contributed by atoms with Gasteiger partial charge in [0.25, 0.3) is 0 Å². The lowest BCUT2D eigenvalue weighted by Gasteiger charge is -2.21. The lowest BCUT2D eigenvalue weighted by atomic mass is 10.4. The summed E-state index contributed by atoms with van der Waals surface area (Å²) in [6.45, 7) is 5.40. The van der Waals surface area contributed by atoms with Crippen molar-refractivity contribution >= 4 is 27.0 Å². The molecule has 0 N–H and O–H groups in total. The quantitative estimate of drug-likeness (QED) is 0.769. The van der Waals surface area contributed by atoms with Gasteiger partial charge in [-0.3, -0.25) is 0 Å². The van der Waals surface area contributed by atoms with Crippen LogP contribution in [0.2, 0.25) is 0 Å². The minimum Gasteiger partial charge on any atom is -0.366 e. The second kappa shape index (κ2) is 6.12. The minimum absolute atomic E-state index is 0.0893. The van der Waals surface area contributed by atoms with E-state index in [1.165, 1.54) is 0 Å². The predicted octanol–water partition coefficient (Wildman–Crippen LogP) is 2.13. The first kappa shape index (κ1) is 14.1. The van der Waals surface area contributed by atoms with Crippen LogP contribution in [-0.2, 0) is 9.84 Å². The van der Waals surface area contributed by atoms with Gasteiger partial charge in [-0.15, -0.1) is 0 Å². The SMILES string of the molecule is CCN(CC)C(=S)CS(=O)(=O)c1ccccc1. The molecule has 0 fully saturated rings. The second-order valence-corrected chi connectivity index (χ2v) is 6.10. The molecule has 0 aliphatic heterocycles. The van der Waals surface area contributed by atoms with Crippen molar-refractivity contribution in [1.82, 2.24) is 4.90 Å². The van der Waals surface area contributed by atoms with Crippen LogP contribution in [0.3, 0.4) is 0 Å². The Bertz CT molecular complexity index is 465. The molecule has 0 aliphatic carbocycles. The first-order chi connectivity index (χ1) is 8.01. The van der Waals surface area contributed by atoms with Gasteiger partial charge in [-0.25, -0.2) is 8.42 Å². The van der Waals surface area contributed by atoms with Gasteiger partial charge >= 0.3 is 0 Å². The molecule has 0 spiro atoms. The molecule has 94 valence electrons. The van der Waals surface area contributed by atoms with Crippen LogP contribution in [0.1, 0.15) is 13.8 Å². The average molecular weight is 271 g/mol. The van der Waals surface area contributed by atoms with E-state index in [0.717, 1.165) is 13.1 Å². The number of hydrogen-bond acceptors (Lipinski definition) is 3. The van der Waals surface area contributed by atoms with Gasteiger partial charge in [-0.2, -0.15) is 0 Å². The molecule has 1 aromatic carbocycles. The molecule has 0 atom stereocenters. The Morgan fingerprint density at radius 2 is 1.71 bits per heavy atom. The van der Waals surface area contributed by atoms with E-state index in [9.17, 15) is 8.42 Å². The summed E-state index contributed by atoms with van der Waals surface area (Å²) >= 11 is 5.17. The topological polar surface area (TPSA) is 37.4 Å². The van der Waals surface area contributed by atoms with E-state index < -0.39 is 9.84 Å². The maximum absolute atomic E-state index is 12.1. The van der Waals surface area contributed by atoms with Crippen LogP contribution >= 0.6 is 12.2 Å². The van der Waals surface area contributed by atoms with Crippen LogP contribution in [0, 0.1) is 0 Å². The van der Waals surface area contributed by atoms with E-state index in [-0.39, 0.29) is 5.75 Å². The number of thiocarbonyl (C=S) groups is 1. The highest BCUT2D eigenvalue weighted by Gasteiger charge is 2.18. The molecule has 0 bridgehead atoms. The molecule has 0 amide bonds. The van der Waals surface area contributed by atoms with Crippen molar-refractivity contribution in [3.63, 3.8) is 0 Å². The van der Waals surface area contributed by atoms with Gasteiger partial charge in [0, 0.05) is 13.1 Å². The largest absolute Gasteiger partial charge is 0.366 e. The zero-order chi connectivity index (χ0) is 12.9. The van der Waals surface area contributed by atoms with Gasteiger partial charge in [0.1, 0.15) is 5.75 Å². The Hall–Kier alpha value is -0.940. The summed E-state index contributed by atoms with van der Waals surface area (Å²) in [5.74, 6) is -0.0893. The average Bonchev–Trinajstić information content (AvgIpc) is 2.31. The fourth-order valence-corrected chi connectivity index (χ4v) is 3.51. The van der Waals surface area contributed by atoms with E-state index in [4.69, 9.17) is 12.2 Å². The molecule has 0 aliphatic rings. The van der Waals surface area contributed by atoms with Gasteiger partial charge in [-0.05, 0) is 26.0 Å². The Labute approximate surface area is 108 Å². The fraction of sp³-hybridized carbons (Fsp3) is 0.417. The number of nitrogens with zero attached hydrogens (tertiary/aromatic N) is 1. The smallest absolute Gasteiger partial charge is 0.184 e. The molecule has 1 rings (SSSR count). The molecule has 17 heavy (non-hydrogen) atoms. The molecule has 0 saturated carbocycles. The zero-order valence-corrected chi connectivity index (χ0v) is 11.7.